The molecule has 23 heavy (non-hydrogen) atoms. The third-order valence-electron chi connectivity index (χ3n) is 4.16. The van der Waals surface area contributed by atoms with E-state index < -0.39 is 10.0 Å². The number of halogens is 1. The van der Waals surface area contributed by atoms with Gasteiger partial charge < -0.3 is 0 Å². The Labute approximate surface area is 136 Å². The van der Waals surface area contributed by atoms with E-state index in [1.807, 2.05) is 12.1 Å². The summed E-state index contributed by atoms with van der Waals surface area (Å²) in [6.07, 6.45) is 0.668. The van der Waals surface area contributed by atoms with Crippen LogP contribution in [0.5, 0.6) is 0 Å². The lowest BCUT2D eigenvalue weighted by atomic mass is 9.99. The van der Waals surface area contributed by atoms with E-state index in [9.17, 15) is 12.8 Å². The van der Waals surface area contributed by atoms with Crippen molar-refractivity contribution in [2.45, 2.75) is 24.4 Å². The van der Waals surface area contributed by atoms with Gasteiger partial charge in [0.15, 0.2) is 0 Å². The van der Waals surface area contributed by atoms with Gasteiger partial charge in [-0.3, -0.25) is 4.90 Å². The van der Waals surface area contributed by atoms with Crippen LogP contribution in [-0.2, 0) is 29.5 Å². The van der Waals surface area contributed by atoms with Crippen LogP contribution >= 0.6 is 0 Å². The Hall–Kier alpha value is -1.76. The minimum Gasteiger partial charge on any atom is -0.294 e. The van der Waals surface area contributed by atoms with Gasteiger partial charge in [-0.25, -0.2) is 17.5 Å². The first-order chi connectivity index (χ1) is 11.0. The molecule has 122 valence electrons. The van der Waals surface area contributed by atoms with Gasteiger partial charge >= 0.3 is 0 Å². The van der Waals surface area contributed by atoms with Gasteiger partial charge in [0.05, 0.1) is 4.90 Å². The molecule has 0 saturated carbocycles. The van der Waals surface area contributed by atoms with Gasteiger partial charge in [0.25, 0.3) is 0 Å². The topological polar surface area (TPSA) is 49.4 Å². The Morgan fingerprint density at radius 2 is 2.00 bits per heavy atom. The number of hydrogen-bond donors (Lipinski definition) is 1. The number of nitrogens with zero attached hydrogens (tertiary/aromatic N) is 1. The molecule has 0 aromatic heterocycles. The Balaban J connectivity index is 1.83. The molecule has 0 unspecified atom stereocenters. The molecule has 3 rings (SSSR count). The molecule has 0 aliphatic carbocycles. The Kier molecular flexibility index (Phi) is 4.48. The van der Waals surface area contributed by atoms with E-state index in [4.69, 9.17) is 0 Å². The zero-order valence-electron chi connectivity index (χ0n) is 12.9. The fourth-order valence-electron chi connectivity index (χ4n) is 3.02. The van der Waals surface area contributed by atoms with Crippen molar-refractivity contribution in [3.8, 4) is 0 Å². The smallest absolute Gasteiger partial charge is 0.240 e. The van der Waals surface area contributed by atoms with Crippen LogP contribution < -0.4 is 4.72 Å². The predicted molar refractivity (Wildman–Crippen MR) is 86.9 cm³/mol. The number of nitrogens with one attached hydrogen (secondary N) is 1. The molecule has 1 N–H and O–H groups in total. The first-order valence-electron chi connectivity index (χ1n) is 7.51. The maximum atomic E-state index is 13.3. The molecule has 0 radical (unpaired) electrons. The van der Waals surface area contributed by atoms with Crippen molar-refractivity contribution in [2.24, 2.45) is 0 Å². The van der Waals surface area contributed by atoms with Crippen molar-refractivity contribution in [1.82, 2.24) is 9.62 Å². The highest BCUT2D eigenvalue weighted by Crippen LogP contribution is 2.26. The highest BCUT2D eigenvalue weighted by atomic mass is 32.2. The average Bonchev–Trinajstić information content (AvgIpc) is 2.54. The quantitative estimate of drug-likeness (QED) is 0.933. The van der Waals surface area contributed by atoms with E-state index in [0.717, 1.165) is 23.2 Å². The second-order valence-corrected chi connectivity index (χ2v) is 7.55. The van der Waals surface area contributed by atoms with Crippen LogP contribution in [0.3, 0.4) is 0 Å². The van der Waals surface area contributed by atoms with Gasteiger partial charge in [-0.05, 0) is 48.4 Å². The highest BCUT2D eigenvalue weighted by molar-refractivity contribution is 7.89. The monoisotopic (exact) mass is 334 g/mol. The highest BCUT2D eigenvalue weighted by Gasteiger charge is 2.24. The van der Waals surface area contributed by atoms with Gasteiger partial charge in [-0.2, -0.15) is 0 Å². The summed E-state index contributed by atoms with van der Waals surface area (Å²) in [5, 5.41) is 0. The Morgan fingerprint density at radius 3 is 2.74 bits per heavy atom. The largest absolute Gasteiger partial charge is 0.294 e. The van der Waals surface area contributed by atoms with E-state index in [2.05, 4.69) is 9.62 Å². The number of rotatable bonds is 4. The fraction of sp³-hybridized carbons (Fsp3) is 0.294. The van der Waals surface area contributed by atoms with E-state index >= 15 is 0 Å². The van der Waals surface area contributed by atoms with Crippen LogP contribution in [0.25, 0.3) is 0 Å². The van der Waals surface area contributed by atoms with E-state index in [1.165, 1.54) is 19.2 Å². The second kappa shape index (κ2) is 6.39. The number of hydrogen-bond acceptors (Lipinski definition) is 3. The number of benzene rings is 2. The van der Waals surface area contributed by atoms with Crippen molar-refractivity contribution < 1.29 is 12.8 Å². The van der Waals surface area contributed by atoms with Gasteiger partial charge in [0, 0.05) is 19.6 Å². The molecule has 0 bridgehead atoms. The molecular formula is C17H19FN2O2S. The molecular weight excluding hydrogens is 315 g/mol. The van der Waals surface area contributed by atoms with Crippen molar-refractivity contribution >= 4 is 10.0 Å². The van der Waals surface area contributed by atoms with Gasteiger partial charge in [0.2, 0.25) is 10.0 Å². The molecule has 6 heteroatoms. The first kappa shape index (κ1) is 16.1. The van der Waals surface area contributed by atoms with Crippen molar-refractivity contribution in [3.05, 3.63) is 65.0 Å². The van der Waals surface area contributed by atoms with E-state index in [0.29, 0.717) is 24.4 Å². The molecule has 0 saturated heterocycles. The summed E-state index contributed by atoms with van der Waals surface area (Å²) < 4.78 is 39.9. The minimum atomic E-state index is -3.44. The van der Waals surface area contributed by atoms with Crippen molar-refractivity contribution in [3.63, 3.8) is 0 Å². The van der Waals surface area contributed by atoms with Crippen LogP contribution in [0.1, 0.15) is 16.7 Å². The van der Waals surface area contributed by atoms with Crippen LogP contribution in [0.4, 0.5) is 4.39 Å². The second-order valence-electron chi connectivity index (χ2n) is 5.69. The molecule has 4 nitrogen and oxygen atoms in total. The summed E-state index contributed by atoms with van der Waals surface area (Å²) in [6.45, 7) is 2.07. The molecule has 1 heterocycles. The average molecular weight is 334 g/mol. The lowest BCUT2D eigenvalue weighted by molar-refractivity contribution is 0.244. The molecule has 0 amide bonds. The van der Waals surface area contributed by atoms with Crippen LogP contribution in [0.2, 0.25) is 0 Å². The maximum absolute atomic E-state index is 13.3. The third-order valence-corrected chi connectivity index (χ3v) is 5.65. The van der Waals surface area contributed by atoms with Crippen LogP contribution in [-0.4, -0.2) is 26.9 Å². The van der Waals surface area contributed by atoms with E-state index in [-0.39, 0.29) is 5.82 Å². The van der Waals surface area contributed by atoms with E-state index in [1.54, 1.807) is 18.2 Å². The summed E-state index contributed by atoms with van der Waals surface area (Å²) in [4.78, 5) is 2.57. The van der Waals surface area contributed by atoms with Gasteiger partial charge in [-0.15, -0.1) is 0 Å². The first-order valence-corrected chi connectivity index (χ1v) is 8.99. The summed E-state index contributed by atoms with van der Waals surface area (Å²) in [5.74, 6) is -0.234. The molecule has 2 aromatic rings. The molecule has 0 fully saturated rings. The van der Waals surface area contributed by atoms with Crippen molar-refractivity contribution in [1.29, 1.82) is 0 Å². The van der Waals surface area contributed by atoms with Gasteiger partial charge in [-0.1, -0.05) is 24.3 Å². The molecule has 0 atom stereocenters. The van der Waals surface area contributed by atoms with Crippen LogP contribution in [0.15, 0.2) is 47.4 Å². The summed E-state index contributed by atoms with van der Waals surface area (Å²) in [7, 11) is -2.02. The SMILES string of the molecule is CNS(=O)(=O)c1cccc2c1CCN(Cc1cccc(F)c1)C2. The Bertz CT molecular complexity index is 821. The third kappa shape index (κ3) is 3.44. The lowest BCUT2D eigenvalue weighted by Crippen LogP contribution is -2.32. The molecule has 0 spiro atoms. The van der Waals surface area contributed by atoms with Crippen LogP contribution in [0, 0.1) is 5.82 Å². The summed E-state index contributed by atoms with van der Waals surface area (Å²) in [6, 6.07) is 12.0. The van der Waals surface area contributed by atoms with Crippen molar-refractivity contribution in [2.75, 3.05) is 13.6 Å². The molecule has 1 aliphatic heterocycles. The number of sulfonamides is 1. The number of fused-ring (bicyclic) bond motifs is 1. The normalized spacial score (nSPS) is 15.4. The maximum Gasteiger partial charge on any atom is 0.240 e. The lowest BCUT2D eigenvalue weighted by Gasteiger charge is -2.30. The van der Waals surface area contributed by atoms with Gasteiger partial charge in [0.1, 0.15) is 5.82 Å². The zero-order valence-corrected chi connectivity index (χ0v) is 13.7. The zero-order chi connectivity index (χ0) is 16.4. The minimum absolute atomic E-state index is 0.234. The summed E-state index contributed by atoms with van der Waals surface area (Å²) >= 11 is 0. The fourth-order valence-corrected chi connectivity index (χ4v) is 4.06. The summed E-state index contributed by atoms with van der Waals surface area (Å²) in [5.41, 5.74) is 2.83. The standard InChI is InChI=1S/C17H19FN2O2S/c1-19-23(21,22)17-7-3-5-14-12-20(9-8-16(14)17)11-13-4-2-6-15(18)10-13/h2-7,10,19H,8-9,11-12H2,1H3. The predicted octanol–water partition coefficient (Wildman–Crippen LogP) is 2.29. The molecule has 2 aromatic carbocycles. The Morgan fingerprint density at radius 1 is 1.22 bits per heavy atom. The molecule has 1 aliphatic rings.